The number of carbonyl (C=O) groups is 2. The van der Waals surface area contributed by atoms with Crippen LogP contribution in [0.1, 0.15) is 26.7 Å². The van der Waals surface area contributed by atoms with Crippen LogP contribution in [0.15, 0.2) is 30.3 Å². The number of anilines is 1. The van der Waals surface area contributed by atoms with Crippen LogP contribution in [0.4, 0.5) is 5.69 Å². The van der Waals surface area contributed by atoms with Gasteiger partial charge in [-0.15, -0.1) is 0 Å². The van der Waals surface area contributed by atoms with Gasteiger partial charge in [-0.2, -0.15) is 5.12 Å². The average Bonchev–Trinajstić information content (AvgIpc) is 2.38. The number of para-hydroxylation sites is 1. The smallest absolute Gasteiger partial charge is 0.239 e. The second kappa shape index (κ2) is 6.52. The van der Waals surface area contributed by atoms with E-state index >= 15 is 0 Å². The third-order valence-corrected chi connectivity index (χ3v) is 2.13. The molecule has 5 nitrogen and oxygen atoms in total. The largest absolute Gasteiger partial charge is 0.273 e. The van der Waals surface area contributed by atoms with Gasteiger partial charge in [-0.05, 0) is 12.1 Å². The lowest BCUT2D eigenvalue weighted by Crippen LogP contribution is -2.53. The number of nitrogens with one attached hydrogen (secondary N) is 2. The normalized spacial score (nSPS) is 9.53. The highest BCUT2D eigenvalue weighted by Gasteiger charge is 2.10. The highest BCUT2D eigenvalue weighted by Crippen LogP contribution is 2.08. The molecule has 0 atom stereocenters. The van der Waals surface area contributed by atoms with Gasteiger partial charge in [0.15, 0.2) is 0 Å². The quantitative estimate of drug-likeness (QED) is 0.758. The summed E-state index contributed by atoms with van der Waals surface area (Å²) in [5, 5.41) is 1.34. The molecule has 0 fully saturated rings. The molecule has 0 radical (unpaired) electrons. The van der Waals surface area contributed by atoms with Gasteiger partial charge in [0, 0.05) is 12.8 Å². The topological polar surface area (TPSA) is 61.4 Å². The molecule has 0 aliphatic carbocycles. The first-order chi connectivity index (χ1) is 8.17. The third-order valence-electron chi connectivity index (χ3n) is 2.13. The molecule has 2 amide bonds. The van der Waals surface area contributed by atoms with E-state index in [-0.39, 0.29) is 11.8 Å². The Kier molecular flexibility index (Phi) is 5.00. The van der Waals surface area contributed by atoms with Gasteiger partial charge < -0.3 is 0 Å². The second-order valence-corrected chi connectivity index (χ2v) is 3.45. The van der Waals surface area contributed by atoms with Crippen LogP contribution in [0, 0.1) is 0 Å². The summed E-state index contributed by atoms with van der Waals surface area (Å²) in [6.07, 6.45) is 0.705. The van der Waals surface area contributed by atoms with Crippen molar-refractivity contribution in [3.05, 3.63) is 30.3 Å². The molecule has 2 N–H and O–H groups in total. The minimum absolute atomic E-state index is 0.162. The first-order valence-corrected chi connectivity index (χ1v) is 5.61. The molecule has 5 heteroatoms. The molecular formula is C12H17N3O2. The number of nitrogens with zero attached hydrogens (tertiary/aromatic N) is 1. The summed E-state index contributed by atoms with van der Waals surface area (Å²) in [7, 11) is 0. The summed E-state index contributed by atoms with van der Waals surface area (Å²) < 4.78 is 0. The SMILES string of the molecule is CCC(=O)NN(NC(=O)CC)c1ccccc1. The van der Waals surface area contributed by atoms with Gasteiger partial charge in [0.2, 0.25) is 11.8 Å². The predicted molar refractivity (Wildman–Crippen MR) is 65.8 cm³/mol. The molecule has 0 saturated heterocycles. The molecule has 1 aromatic carbocycles. The fourth-order valence-corrected chi connectivity index (χ4v) is 1.14. The van der Waals surface area contributed by atoms with Gasteiger partial charge in [-0.25, -0.2) is 10.9 Å². The molecule has 17 heavy (non-hydrogen) atoms. The van der Waals surface area contributed by atoms with E-state index in [2.05, 4.69) is 10.9 Å². The lowest BCUT2D eigenvalue weighted by molar-refractivity contribution is -0.123. The molecule has 0 heterocycles. The zero-order valence-corrected chi connectivity index (χ0v) is 10.1. The van der Waals surface area contributed by atoms with Gasteiger partial charge in [0.25, 0.3) is 0 Å². The molecule has 0 bridgehead atoms. The molecule has 0 aliphatic heterocycles. The summed E-state index contributed by atoms with van der Waals surface area (Å²) in [5.41, 5.74) is 5.93. The van der Waals surface area contributed by atoms with Crippen LogP contribution in [0.25, 0.3) is 0 Å². The van der Waals surface area contributed by atoms with Crippen LogP contribution in [0.3, 0.4) is 0 Å². The second-order valence-electron chi connectivity index (χ2n) is 3.45. The molecule has 0 spiro atoms. The van der Waals surface area contributed by atoms with E-state index in [1.165, 1.54) is 5.12 Å². The zero-order valence-electron chi connectivity index (χ0n) is 10.1. The van der Waals surface area contributed by atoms with Gasteiger partial charge in [-0.1, -0.05) is 32.0 Å². The molecule has 1 aromatic rings. The zero-order chi connectivity index (χ0) is 12.7. The van der Waals surface area contributed by atoms with Crippen molar-refractivity contribution in [2.75, 3.05) is 5.12 Å². The van der Waals surface area contributed by atoms with Gasteiger partial charge >= 0.3 is 0 Å². The fraction of sp³-hybridized carbons (Fsp3) is 0.333. The first-order valence-electron chi connectivity index (χ1n) is 5.61. The van der Waals surface area contributed by atoms with E-state index in [1.807, 2.05) is 18.2 Å². The van der Waals surface area contributed by atoms with Crippen molar-refractivity contribution in [1.82, 2.24) is 10.9 Å². The number of rotatable bonds is 5. The van der Waals surface area contributed by atoms with Crippen molar-refractivity contribution >= 4 is 17.5 Å². The molecule has 0 saturated carbocycles. The summed E-state index contributed by atoms with van der Waals surface area (Å²) >= 11 is 0. The maximum absolute atomic E-state index is 11.4. The maximum Gasteiger partial charge on any atom is 0.239 e. The minimum Gasteiger partial charge on any atom is -0.273 e. The van der Waals surface area contributed by atoms with E-state index in [0.29, 0.717) is 18.5 Å². The van der Waals surface area contributed by atoms with Crippen molar-refractivity contribution in [3.63, 3.8) is 0 Å². The Labute approximate surface area is 101 Å². The number of amides is 2. The Morgan fingerprint density at radius 1 is 1.00 bits per heavy atom. The number of benzene rings is 1. The highest BCUT2D eigenvalue weighted by atomic mass is 16.2. The fourth-order valence-electron chi connectivity index (χ4n) is 1.14. The van der Waals surface area contributed by atoms with Gasteiger partial charge in [-0.3, -0.25) is 9.59 Å². The Hall–Kier alpha value is -2.04. The van der Waals surface area contributed by atoms with E-state index < -0.39 is 0 Å². The maximum atomic E-state index is 11.4. The standard InChI is InChI=1S/C12H17N3O2/c1-3-11(16)13-15(14-12(17)4-2)10-8-6-5-7-9-10/h5-9H,3-4H2,1-2H3,(H,13,16)(H,14,17). The lowest BCUT2D eigenvalue weighted by Gasteiger charge is -2.25. The van der Waals surface area contributed by atoms with Crippen molar-refractivity contribution in [1.29, 1.82) is 0 Å². The molecule has 0 unspecified atom stereocenters. The number of carbonyl (C=O) groups excluding carboxylic acids is 2. The molecule has 1 rings (SSSR count). The van der Waals surface area contributed by atoms with Crippen LogP contribution in [0.5, 0.6) is 0 Å². The monoisotopic (exact) mass is 235 g/mol. The van der Waals surface area contributed by atoms with Crippen LogP contribution < -0.4 is 16.0 Å². The Balaban J connectivity index is 2.79. The van der Waals surface area contributed by atoms with Crippen LogP contribution >= 0.6 is 0 Å². The molecule has 0 aliphatic rings. The van der Waals surface area contributed by atoms with E-state index in [4.69, 9.17) is 0 Å². The first kappa shape index (κ1) is 13.0. The highest BCUT2D eigenvalue weighted by molar-refractivity contribution is 5.81. The van der Waals surface area contributed by atoms with Crippen LogP contribution in [0.2, 0.25) is 0 Å². The summed E-state index contributed by atoms with van der Waals surface area (Å²) in [4.78, 5) is 22.7. The van der Waals surface area contributed by atoms with Crippen molar-refractivity contribution < 1.29 is 9.59 Å². The van der Waals surface area contributed by atoms with Gasteiger partial charge in [0.1, 0.15) is 0 Å². The van der Waals surface area contributed by atoms with E-state index in [1.54, 1.807) is 26.0 Å². The van der Waals surface area contributed by atoms with Crippen molar-refractivity contribution in [2.45, 2.75) is 26.7 Å². The Morgan fingerprint density at radius 2 is 1.47 bits per heavy atom. The molecule has 92 valence electrons. The number of hydrazine groups is 2. The summed E-state index contributed by atoms with van der Waals surface area (Å²) in [6.45, 7) is 3.50. The number of hydrogen-bond donors (Lipinski definition) is 2. The Bertz CT molecular complexity index is 361. The Morgan fingerprint density at radius 3 is 1.88 bits per heavy atom. The third kappa shape index (κ3) is 4.14. The molecular weight excluding hydrogens is 218 g/mol. The van der Waals surface area contributed by atoms with Crippen molar-refractivity contribution in [2.24, 2.45) is 0 Å². The summed E-state index contributed by atoms with van der Waals surface area (Å²) in [5.74, 6) is -0.324. The minimum atomic E-state index is -0.162. The lowest BCUT2D eigenvalue weighted by atomic mass is 10.3. The number of hydrogen-bond acceptors (Lipinski definition) is 3. The van der Waals surface area contributed by atoms with Crippen LogP contribution in [-0.2, 0) is 9.59 Å². The predicted octanol–water partition coefficient (Wildman–Crippen LogP) is 1.38. The van der Waals surface area contributed by atoms with Crippen LogP contribution in [-0.4, -0.2) is 11.8 Å². The molecule has 0 aromatic heterocycles. The van der Waals surface area contributed by atoms with E-state index in [9.17, 15) is 9.59 Å². The van der Waals surface area contributed by atoms with Gasteiger partial charge in [0.05, 0.1) is 5.69 Å². The van der Waals surface area contributed by atoms with Crippen molar-refractivity contribution in [3.8, 4) is 0 Å². The van der Waals surface area contributed by atoms with E-state index in [0.717, 1.165) is 0 Å². The summed E-state index contributed by atoms with van der Waals surface area (Å²) in [6, 6.07) is 9.12. The average molecular weight is 235 g/mol.